The van der Waals surface area contributed by atoms with Gasteiger partial charge < -0.3 is 14.7 Å². The van der Waals surface area contributed by atoms with Crippen molar-refractivity contribution in [1.82, 2.24) is 4.90 Å². The van der Waals surface area contributed by atoms with E-state index in [1.807, 2.05) is 18.9 Å². The van der Waals surface area contributed by atoms with Gasteiger partial charge in [0.1, 0.15) is 5.75 Å². The Bertz CT molecular complexity index is 636. The van der Waals surface area contributed by atoms with Gasteiger partial charge in [0.05, 0.1) is 19.1 Å². The zero-order valence-corrected chi connectivity index (χ0v) is 16.8. The third-order valence-corrected chi connectivity index (χ3v) is 5.20. The lowest BCUT2D eigenvalue weighted by molar-refractivity contribution is -0.256. The Labute approximate surface area is 157 Å². The monoisotopic (exact) mass is 392 g/mol. The zero-order valence-electron chi connectivity index (χ0n) is 16.0. The maximum absolute atomic E-state index is 13.7. The van der Waals surface area contributed by atoms with Crippen LogP contribution in [0.5, 0.6) is 5.75 Å². The van der Waals surface area contributed by atoms with Crippen LogP contribution in [0.4, 0.5) is 18.9 Å². The van der Waals surface area contributed by atoms with E-state index in [0.29, 0.717) is 11.3 Å². The van der Waals surface area contributed by atoms with E-state index in [-0.39, 0.29) is 16.6 Å². The smallest absolute Gasteiger partial charge is 0.422 e. The number of aryl methyl sites for hydroxylation is 1. The molecule has 0 spiro atoms. The Kier molecular flexibility index (Phi) is 7.83. The number of methoxy groups -OCH3 is 1. The Morgan fingerprint density at radius 3 is 2.42 bits per heavy atom. The maximum atomic E-state index is 13.7. The van der Waals surface area contributed by atoms with Gasteiger partial charge in [-0.05, 0) is 30.7 Å². The van der Waals surface area contributed by atoms with Crippen molar-refractivity contribution in [3.05, 3.63) is 23.3 Å². The lowest BCUT2D eigenvalue weighted by Gasteiger charge is -2.32. The lowest BCUT2D eigenvalue weighted by atomic mass is 9.92. The van der Waals surface area contributed by atoms with Gasteiger partial charge in [0.15, 0.2) is 5.60 Å². The van der Waals surface area contributed by atoms with Crippen LogP contribution in [0.3, 0.4) is 0 Å². The second kappa shape index (κ2) is 8.99. The molecule has 0 aliphatic carbocycles. The maximum Gasteiger partial charge on any atom is 0.422 e. The highest BCUT2D eigenvalue weighted by atomic mass is 32.2. The van der Waals surface area contributed by atoms with Gasteiger partial charge in [0.25, 0.3) is 0 Å². The summed E-state index contributed by atoms with van der Waals surface area (Å²) in [7, 11) is 3.13. The zero-order chi connectivity index (χ0) is 20.1. The summed E-state index contributed by atoms with van der Waals surface area (Å²) >= 11 is 1.04. The number of nitrogens with zero attached hydrogens (tertiary/aromatic N) is 2. The molecule has 0 fully saturated rings. The predicted octanol–water partition coefficient (Wildman–Crippen LogP) is 4.51. The SMILES string of the molecule is CCN(C)/C=N/c1cc(OC)c(C(O)(CSC(C)C)C(F)(F)F)cc1C. The predicted molar refractivity (Wildman–Crippen MR) is 102 cm³/mol. The van der Waals surface area contributed by atoms with Crippen LogP contribution < -0.4 is 4.74 Å². The standard InChI is InChI=1S/C18H27F3N2O2S/c1-7-23(5)11-22-15-9-16(25-6)14(8-13(15)4)17(24,18(19,20)21)10-26-12(2)3/h8-9,11-12,24H,7,10H2,1-6H3/b22-11+. The molecule has 1 atom stereocenters. The van der Waals surface area contributed by atoms with E-state index in [1.54, 1.807) is 27.1 Å². The molecule has 1 aromatic rings. The van der Waals surface area contributed by atoms with Crippen LogP contribution in [0.1, 0.15) is 31.9 Å². The number of aliphatic imine (C=N–C) groups is 1. The van der Waals surface area contributed by atoms with Crippen molar-refractivity contribution in [1.29, 1.82) is 0 Å². The largest absolute Gasteiger partial charge is 0.496 e. The Balaban J connectivity index is 3.44. The highest BCUT2D eigenvalue weighted by Gasteiger charge is 2.56. The second-order valence-electron chi connectivity index (χ2n) is 6.37. The Morgan fingerprint density at radius 1 is 1.35 bits per heavy atom. The fourth-order valence-electron chi connectivity index (χ4n) is 2.15. The van der Waals surface area contributed by atoms with Gasteiger partial charge in [-0.25, -0.2) is 4.99 Å². The molecule has 0 saturated carbocycles. The second-order valence-corrected chi connectivity index (χ2v) is 7.94. The van der Waals surface area contributed by atoms with E-state index in [1.165, 1.54) is 19.2 Å². The summed E-state index contributed by atoms with van der Waals surface area (Å²) in [6.45, 7) is 7.93. The minimum Gasteiger partial charge on any atom is -0.496 e. The molecule has 0 bridgehead atoms. The van der Waals surface area contributed by atoms with Crippen molar-refractivity contribution in [2.45, 2.75) is 44.7 Å². The molecule has 1 rings (SSSR count). The molecule has 0 radical (unpaired) electrons. The van der Waals surface area contributed by atoms with E-state index in [9.17, 15) is 18.3 Å². The van der Waals surface area contributed by atoms with Gasteiger partial charge in [-0.2, -0.15) is 24.9 Å². The molecule has 26 heavy (non-hydrogen) atoms. The van der Waals surface area contributed by atoms with E-state index in [2.05, 4.69) is 4.99 Å². The van der Waals surface area contributed by atoms with Crippen molar-refractivity contribution < 1.29 is 23.0 Å². The first-order valence-corrected chi connectivity index (χ1v) is 9.35. The van der Waals surface area contributed by atoms with Crippen molar-refractivity contribution in [2.75, 3.05) is 26.5 Å². The third kappa shape index (κ3) is 5.30. The van der Waals surface area contributed by atoms with Gasteiger partial charge in [0, 0.05) is 31.0 Å². The normalized spacial score (nSPS) is 14.7. The minimum atomic E-state index is -4.83. The van der Waals surface area contributed by atoms with E-state index >= 15 is 0 Å². The topological polar surface area (TPSA) is 45.1 Å². The van der Waals surface area contributed by atoms with E-state index in [0.717, 1.165) is 18.3 Å². The molecule has 0 aromatic heterocycles. The van der Waals surface area contributed by atoms with Crippen LogP contribution in [-0.4, -0.2) is 54.2 Å². The summed E-state index contributed by atoms with van der Waals surface area (Å²) in [5, 5.41) is 10.5. The summed E-state index contributed by atoms with van der Waals surface area (Å²) in [4.78, 5) is 6.14. The molecule has 4 nitrogen and oxygen atoms in total. The number of benzene rings is 1. The van der Waals surface area contributed by atoms with Crippen LogP contribution in [0, 0.1) is 6.92 Å². The number of halogens is 3. The van der Waals surface area contributed by atoms with Crippen LogP contribution in [0.15, 0.2) is 17.1 Å². The number of ether oxygens (including phenoxy) is 1. The van der Waals surface area contributed by atoms with Gasteiger partial charge >= 0.3 is 6.18 Å². The average Bonchev–Trinajstić information content (AvgIpc) is 2.56. The lowest BCUT2D eigenvalue weighted by Crippen LogP contribution is -2.45. The number of alkyl halides is 3. The molecule has 0 aliphatic rings. The first kappa shape index (κ1) is 22.6. The molecular weight excluding hydrogens is 365 g/mol. The molecule has 8 heteroatoms. The summed E-state index contributed by atoms with van der Waals surface area (Å²) in [6.07, 6.45) is -3.23. The molecular formula is C18H27F3N2O2S. The minimum absolute atomic E-state index is 0.0360. The van der Waals surface area contributed by atoms with Gasteiger partial charge in [-0.3, -0.25) is 0 Å². The van der Waals surface area contributed by atoms with Gasteiger partial charge in [-0.15, -0.1) is 0 Å². The molecule has 1 unspecified atom stereocenters. The Hall–Kier alpha value is -1.41. The van der Waals surface area contributed by atoms with Crippen molar-refractivity contribution in [2.24, 2.45) is 4.99 Å². The van der Waals surface area contributed by atoms with Crippen molar-refractivity contribution in [3.63, 3.8) is 0 Å². The number of hydrogen-bond acceptors (Lipinski definition) is 4. The van der Waals surface area contributed by atoms with Crippen LogP contribution in [0.2, 0.25) is 0 Å². The number of hydrogen-bond donors (Lipinski definition) is 1. The van der Waals surface area contributed by atoms with Crippen LogP contribution in [0.25, 0.3) is 0 Å². The van der Waals surface area contributed by atoms with Crippen molar-refractivity contribution in [3.8, 4) is 5.75 Å². The summed E-state index contributed by atoms with van der Waals surface area (Å²) in [6, 6.07) is 2.74. The van der Waals surface area contributed by atoms with Gasteiger partial charge in [0.2, 0.25) is 0 Å². The van der Waals surface area contributed by atoms with Crippen LogP contribution >= 0.6 is 11.8 Å². The quantitative estimate of drug-likeness (QED) is 0.522. The number of rotatable bonds is 8. The highest BCUT2D eigenvalue weighted by Crippen LogP contribution is 2.46. The molecule has 0 aliphatic heterocycles. The average molecular weight is 392 g/mol. The fraction of sp³-hybridized carbons (Fsp3) is 0.611. The van der Waals surface area contributed by atoms with Crippen molar-refractivity contribution >= 4 is 23.8 Å². The Morgan fingerprint density at radius 2 is 1.96 bits per heavy atom. The molecule has 0 amide bonds. The number of thioether (sulfide) groups is 1. The summed E-state index contributed by atoms with van der Waals surface area (Å²) in [5.74, 6) is -0.545. The van der Waals surface area contributed by atoms with Gasteiger partial charge in [-0.1, -0.05) is 13.8 Å². The van der Waals surface area contributed by atoms with E-state index < -0.39 is 17.5 Å². The summed E-state index contributed by atoms with van der Waals surface area (Å²) in [5.41, 5.74) is -2.27. The molecule has 148 valence electrons. The third-order valence-electron chi connectivity index (χ3n) is 3.95. The first-order chi connectivity index (χ1) is 12.0. The summed E-state index contributed by atoms with van der Waals surface area (Å²) < 4.78 is 46.4. The molecule has 1 aromatic carbocycles. The molecule has 1 N–H and O–H groups in total. The van der Waals surface area contributed by atoms with E-state index in [4.69, 9.17) is 4.74 Å². The fourth-order valence-corrected chi connectivity index (χ4v) is 3.04. The molecule has 0 saturated heterocycles. The van der Waals surface area contributed by atoms with Crippen LogP contribution in [-0.2, 0) is 5.60 Å². The first-order valence-electron chi connectivity index (χ1n) is 8.30. The molecule has 0 heterocycles. The number of aliphatic hydroxyl groups is 1. The highest BCUT2D eigenvalue weighted by molar-refractivity contribution is 7.99.